The predicted molar refractivity (Wildman–Crippen MR) is 138 cm³/mol. The lowest BCUT2D eigenvalue weighted by atomic mass is 9.93. The Morgan fingerprint density at radius 1 is 1.24 bits per heavy atom. The maximum Gasteiger partial charge on any atom is 0.231 e. The van der Waals surface area contributed by atoms with Gasteiger partial charge in [-0.25, -0.2) is 0 Å². The maximum atomic E-state index is 13.2. The molecule has 0 saturated carbocycles. The van der Waals surface area contributed by atoms with Crippen molar-refractivity contribution in [2.75, 3.05) is 6.54 Å². The maximum absolute atomic E-state index is 13.2. The minimum absolute atomic E-state index is 0.0739. The van der Waals surface area contributed by atoms with Crippen molar-refractivity contribution in [1.29, 1.82) is 0 Å². The highest BCUT2D eigenvalue weighted by Gasteiger charge is 2.39. The van der Waals surface area contributed by atoms with Gasteiger partial charge in [0.1, 0.15) is 0 Å². The average molecular weight is 483 g/mol. The number of hydrogen-bond acceptors (Lipinski definition) is 5. The van der Waals surface area contributed by atoms with E-state index in [0.717, 1.165) is 25.7 Å². The summed E-state index contributed by atoms with van der Waals surface area (Å²) in [6.45, 7) is 4.92. The number of fused-ring (bicyclic) bond motifs is 1. The summed E-state index contributed by atoms with van der Waals surface area (Å²) in [6, 6.07) is 4.02. The lowest BCUT2D eigenvalue weighted by Gasteiger charge is -2.26. The second kappa shape index (κ2) is 10.4. The van der Waals surface area contributed by atoms with Gasteiger partial charge in [-0.05, 0) is 92.4 Å². The second-order valence-corrected chi connectivity index (χ2v) is 10.2. The van der Waals surface area contributed by atoms with Gasteiger partial charge in [0.25, 0.3) is 0 Å². The summed E-state index contributed by atoms with van der Waals surface area (Å²) in [5.74, 6) is -0.666. The number of allylic oxidation sites excluding steroid dienone is 2. The number of thioether (sulfide) groups is 1. The molecule has 5 nitrogen and oxygen atoms in total. The molecule has 2 N–H and O–H groups in total. The molecule has 33 heavy (non-hydrogen) atoms. The molecule has 1 unspecified atom stereocenters. The first-order chi connectivity index (χ1) is 15.8. The molecule has 0 radical (unpaired) electrons. The van der Waals surface area contributed by atoms with E-state index in [-0.39, 0.29) is 16.7 Å². The highest BCUT2D eigenvalue weighted by molar-refractivity contribution is 8.05. The van der Waals surface area contributed by atoms with Crippen LogP contribution in [-0.2, 0) is 16.0 Å². The molecule has 1 fully saturated rings. The smallest absolute Gasteiger partial charge is 0.231 e. The minimum Gasteiger partial charge on any atom is -0.501 e. The van der Waals surface area contributed by atoms with Gasteiger partial charge in [-0.1, -0.05) is 23.8 Å². The summed E-state index contributed by atoms with van der Waals surface area (Å²) in [5.41, 5.74) is 7.18. The highest BCUT2D eigenvalue weighted by Crippen LogP contribution is 2.31. The topological polar surface area (TPSA) is 69.6 Å². The van der Waals surface area contributed by atoms with Crippen molar-refractivity contribution in [1.82, 2.24) is 10.2 Å². The van der Waals surface area contributed by atoms with Crippen LogP contribution in [0.4, 0.5) is 0 Å². The normalized spacial score (nSPS) is 21.6. The van der Waals surface area contributed by atoms with Gasteiger partial charge in [0, 0.05) is 23.9 Å². The van der Waals surface area contributed by atoms with E-state index in [1.807, 2.05) is 0 Å². The van der Waals surface area contributed by atoms with E-state index in [2.05, 4.69) is 37.4 Å². The standard InChI is InChI=1S/C26H30N2O3S2/c1-16-11-19-13-18(14-20(19)12-17(16)2)5-3-4-6-23(29)28-9-10-33-15-22(28)25(30)21-7-8-27-24(21)26(31)32/h9-13,15,21,24,27H,3-8,14H2,1-2H3,(H,31,32)/t21?,24-/m0/s1. The molecular formula is C26H30N2O3S2. The molecule has 0 spiro atoms. The molecule has 0 bridgehead atoms. The largest absolute Gasteiger partial charge is 0.501 e. The molecule has 2 aliphatic heterocycles. The molecule has 1 saturated heterocycles. The van der Waals surface area contributed by atoms with E-state index in [4.69, 9.17) is 12.2 Å². The first kappa shape index (κ1) is 23.9. The molecule has 2 heterocycles. The number of benzene rings is 1. The first-order valence-electron chi connectivity index (χ1n) is 11.5. The Balaban J connectivity index is 1.30. The van der Waals surface area contributed by atoms with Gasteiger partial charge in [-0.15, -0.1) is 11.8 Å². The van der Waals surface area contributed by atoms with Crippen molar-refractivity contribution in [3.63, 3.8) is 0 Å². The molecule has 1 aliphatic carbocycles. The highest BCUT2D eigenvalue weighted by atomic mass is 32.2. The summed E-state index contributed by atoms with van der Waals surface area (Å²) in [4.78, 5) is 27.6. The van der Waals surface area contributed by atoms with Gasteiger partial charge in [-0.2, -0.15) is 0 Å². The Kier molecular flexibility index (Phi) is 7.51. The van der Waals surface area contributed by atoms with Crippen LogP contribution in [0, 0.1) is 19.8 Å². The Hall–Kier alpha value is -2.22. The summed E-state index contributed by atoms with van der Waals surface area (Å²) in [6.07, 6.45) is 8.66. The molecule has 1 amide bonds. The zero-order valence-corrected chi connectivity index (χ0v) is 20.7. The number of carbonyl (C=O) groups is 2. The molecule has 2 atom stereocenters. The van der Waals surface area contributed by atoms with E-state index < -0.39 is 12.0 Å². The monoisotopic (exact) mass is 482 g/mol. The van der Waals surface area contributed by atoms with E-state index in [1.165, 1.54) is 44.5 Å². The van der Waals surface area contributed by atoms with E-state index in [9.17, 15) is 14.7 Å². The van der Waals surface area contributed by atoms with Crippen molar-refractivity contribution in [2.24, 2.45) is 5.92 Å². The Bertz CT molecular complexity index is 1070. The zero-order chi connectivity index (χ0) is 23.5. The lowest BCUT2D eigenvalue weighted by Crippen LogP contribution is -2.41. The Morgan fingerprint density at radius 3 is 2.82 bits per heavy atom. The summed E-state index contributed by atoms with van der Waals surface area (Å²) >= 11 is 6.28. The Morgan fingerprint density at radius 2 is 2.03 bits per heavy atom. The van der Waals surface area contributed by atoms with Crippen LogP contribution in [0.3, 0.4) is 0 Å². The fourth-order valence-corrected chi connectivity index (χ4v) is 5.65. The first-order valence-corrected chi connectivity index (χ1v) is 12.8. The van der Waals surface area contributed by atoms with Gasteiger partial charge < -0.3 is 10.4 Å². The number of thiocarbonyl (C=S) groups is 1. The molecule has 0 aromatic heterocycles. The van der Waals surface area contributed by atoms with Gasteiger partial charge >= 0.3 is 0 Å². The summed E-state index contributed by atoms with van der Waals surface area (Å²) in [5, 5.41) is 16.2. The number of nitrogens with one attached hydrogen (secondary N) is 1. The predicted octanol–water partition coefficient (Wildman–Crippen LogP) is 5.12. The third kappa shape index (κ3) is 5.31. The van der Waals surface area contributed by atoms with Crippen LogP contribution in [0.5, 0.6) is 0 Å². The average Bonchev–Trinajstić information content (AvgIpc) is 3.43. The van der Waals surface area contributed by atoms with Gasteiger partial charge in [0.05, 0.1) is 11.7 Å². The molecule has 3 aliphatic rings. The fraction of sp³-hybridized carbons (Fsp3) is 0.423. The van der Waals surface area contributed by atoms with Crippen LogP contribution in [0.2, 0.25) is 0 Å². The van der Waals surface area contributed by atoms with Crippen molar-refractivity contribution in [2.45, 2.75) is 58.4 Å². The number of aliphatic hydroxyl groups excluding tert-OH is 1. The second-order valence-electron chi connectivity index (χ2n) is 9.04. The van der Waals surface area contributed by atoms with Crippen LogP contribution in [0.15, 0.2) is 40.4 Å². The fourth-order valence-electron chi connectivity index (χ4n) is 4.78. The van der Waals surface area contributed by atoms with Crippen LogP contribution in [0.1, 0.15) is 54.4 Å². The van der Waals surface area contributed by atoms with Crippen LogP contribution < -0.4 is 5.32 Å². The number of hydrogen-bond donors (Lipinski definition) is 2. The van der Waals surface area contributed by atoms with Crippen LogP contribution in [-0.4, -0.2) is 39.3 Å². The van der Waals surface area contributed by atoms with Crippen molar-refractivity contribution < 1.29 is 14.7 Å². The van der Waals surface area contributed by atoms with Crippen molar-refractivity contribution >= 4 is 46.8 Å². The number of unbranched alkanes of at least 4 members (excludes halogenated alkanes) is 1. The number of aryl methyl sites for hydroxylation is 2. The van der Waals surface area contributed by atoms with Gasteiger partial charge in [0.2, 0.25) is 5.91 Å². The number of Topliss-reactive ketones (excluding diaryl/α,β-unsaturated/α-hetero) is 1. The Labute approximate surface area is 205 Å². The lowest BCUT2D eigenvalue weighted by molar-refractivity contribution is -0.130. The SMILES string of the molecule is Cc1cc2c(cc1C)CC(CCCCC(=O)N1C=CSC=C1C(=O)C1CCN[C@@H]1C(O)=S)=C2. The molecule has 4 rings (SSSR count). The van der Waals surface area contributed by atoms with E-state index in [0.29, 0.717) is 25.1 Å². The van der Waals surface area contributed by atoms with Gasteiger partial charge in [0.15, 0.2) is 10.8 Å². The molecule has 7 heteroatoms. The number of aliphatic hydroxyl groups is 1. The number of carbonyl (C=O) groups excluding carboxylic acids is 2. The number of amides is 1. The van der Waals surface area contributed by atoms with E-state index in [1.54, 1.807) is 17.0 Å². The minimum atomic E-state index is -0.530. The van der Waals surface area contributed by atoms with Crippen molar-refractivity contribution in [3.05, 3.63) is 62.7 Å². The molecule has 1 aromatic carbocycles. The van der Waals surface area contributed by atoms with Gasteiger partial charge in [-0.3, -0.25) is 14.5 Å². The molecular weight excluding hydrogens is 452 g/mol. The summed E-state index contributed by atoms with van der Waals surface area (Å²) in [7, 11) is 0. The molecule has 1 aromatic rings. The number of nitrogens with zero attached hydrogens (tertiary/aromatic N) is 1. The molecule has 174 valence electrons. The third-order valence-corrected chi connectivity index (χ3v) is 7.64. The number of rotatable bonds is 8. The van der Waals surface area contributed by atoms with Crippen LogP contribution >= 0.6 is 24.0 Å². The van der Waals surface area contributed by atoms with E-state index >= 15 is 0 Å². The summed E-state index contributed by atoms with van der Waals surface area (Å²) < 4.78 is 0. The quantitative estimate of drug-likeness (QED) is 0.396. The van der Waals surface area contributed by atoms with Crippen LogP contribution in [0.25, 0.3) is 6.08 Å². The third-order valence-electron chi connectivity index (χ3n) is 6.74. The van der Waals surface area contributed by atoms with Crippen molar-refractivity contribution in [3.8, 4) is 0 Å². The number of ketones is 1. The zero-order valence-electron chi connectivity index (χ0n) is 19.1.